The van der Waals surface area contributed by atoms with Gasteiger partial charge in [0, 0.05) is 103 Å². The molecular weight excluding hydrogens is 704 g/mol. The minimum absolute atomic E-state index is 0. The minimum Gasteiger partial charge on any atom is 0 e. The summed E-state index contributed by atoms with van der Waals surface area (Å²) in [6.07, 6.45) is 0. The molecule has 0 heterocycles. The van der Waals surface area contributed by atoms with E-state index in [4.69, 9.17) is 0 Å². The van der Waals surface area contributed by atoms with Crippen LogP contribution >= 0.6 is 0 Å². The second-order valence-corrected chi connectivity index (χ2v) is 0. The molecule has 0 nitrogen and oxygen atoms in total. The Bertz CT molecular complexity index is 11.6. The summed E-state index contributed by atoms with van der Waals surface area (Å²) in [7, 11) is 0. The molecule has 0 amide bonds. The van der Waals surface area contributed by atoms with Gasteiger partial charge in [-0.2, -0.15) is 0 Å². The van der Waals surface area contributed by atoms with E-state index in [9.17, 15) is 0 Å². The van der Waals surface area contributed by atoms with Gasteiger partial charge in [-0.25, -0.2) is 0 Å². The van der Waals surface area contributed by atoms with Gasteiger partial charge in [-0.05, 0) is 0 Å². The van der Waals surface area contributed by atoms with E-state index < -0.39 is 0 Å². The van der Waals surface area contributed by atoms with Gasteiger partial charge in [0.15, 0.2) is 0 Å². The fourth-order valence-electron chi connectivity index (χ4n) is 0. The van der Waals surface area contributed by atoms with Crippen LogP contribution in [0.2, 0.25) is 0 Å². The molecule has 0 fully saturated rings. The third kappa shape index (κ3) is 18.7. The second kappa shape index (κ2) is 26.4. The van der Waals surface area contributed by atoms with Crippen molar-refractivity contribution >= 4 is 0 Å². The monoisotopic (exact) mass is 704 g/mol. The van der Waals surface area contributed by atoms with Crippen molar-refractivity contribution in [1.82, 2.24) is 0 Å². The molecule has 0 N–H and O–H groups in total. The molecule has 0 saturated carbocycles. The van der Waals surface area contributed by atoms with Crippen LogP contribution in [-0.4, -0.2) is 0 Å². The normalized spacial score (nSPS) is 0. The molecule has 0 saturated heterocycles. The molecule has 0 aliphatic rings. The molecule has 5 heteroatoms. The summed E-state index contributed by atoms with van der Waals surface area (Å²) in [6.45, 7) is 0. The van der Waals surface area contributed by atoms with Gasteiger partial charge in [-0.3, -0.25) is 0 Å². The molecule has 0 aromatic carbocycles. The smallest absolute Gasteiger partial charge is 0 e. The fraction of sp³-hybridized carbons (Fsp3) is 0. The Morgan fingerprint density at radius 2 is 1.00 bits per heavy atom. The Labute approximate surface area is 102 Å². The Hall–Kier alpha value is 3.36. The van der Waals surface area contributed by atoms with E-state index in [1.807, 2.05) is 0 Å². The van der Waals surface area contributed by atoms with E-state index in [-0.39, 0.29) is 103 Å². The van der Waals surface area contributed by atoms with E-state index in [2.05, 4.69) is 0 Å². The van der Waals surface area contributed by atoms with Crippen molar-refractivity contribution in [2.75, 3.05) is 0 Å². The van der Waals surface area contributed by atoms with E-state index >= 15 is 0 Å². The Morgan fingerprint density at radius 3 is 1.00 bits per heavy atom. The summed E-state index contributed by atoms with van der Waals surface area (Å²) in [5.74, 6) is 0. The predicted octanol–water partition coefficient (Wildman–Crippen LogP) is -0.0125. The molecule has 0 rings (SSSR count). The van der Waals surface area contributed by atoms with Crippen LogP contribution in [0, 0.1) is 0 Å². The van der Waals surface area contributed by atoms with Crippen molar-refractivity contribution in [1.29, 1.82) is 0 Å². The third-order valence-electron chi connectivity index (χ3n) is 0. The van der Waals surface area contributed by atoms with Crippen LogP contribution in [0.4, 0.5) is 0 Å². The minimum atomic E-state index is 0. The van der Waals surface area contributed by atoms with Gasteiger partial charge in [0.05, 0.1) is 0 Å². The van der Waals surface area contributed by atoms with Crippen LogP contribution < -0.4 is 0 Å². The van der Waals surface area contributed by atoms with Gasteiger partial charge in [0.1, 0.15) is 0 Å². The SMILES string of the molecule is [Ag].[Ir].[Pd].[Pt].[Rh]. The van der Waals surface area contributed by atoms with Crippen LogP contribution in [0.1, 0.15) is 0 Å². The molecule has 0 aromatic heterocycles. The van der Waals surface area contributed by atoms with Gasteiger partial charge in [-0.15, -0.1) is 0 Å². The molecule has 5 heavy (non-hydrogen) atoms. The van der Waals surface area contributed by atoms with Crippen LogP contribution in [0.15, 0.2) is 0 Å². The Balaban J connectivity index is 0. The van der Waals surface area contributed by atoms with E-state index in [1.54, 1.807) is 0 Å². The van der Waals surface area contributed by atoms with Crippen molar-refractivity contribution in [3.8, 4) is 0 Å². The zero-order valence-electron chi connectivity index (χ0n) is 1.60. The first kappa shape index (κ1) is 40.1. The maximum Gasteiger partial charge on any atom is 0 e. The average Bonchev–Trinajstić information content (AvgIpc) is 0. The summed E-state index contributed by atoms with van der Waals surface area (Å²) in [5.41, 5.74) is 0. The summed E-state index contributed by atoms with van der Waals surface area (Å²) >= 11 is 0. The van der Waals surface area contributed by atoms with Gasteiger partial charge in [0.25, 0.3) is 0 Å². The summed E-state index contributed by atoms with van der Waals surface area (Å²) in [6, 6.07) is 0. The first-order valence-electron chi connectivity index (χ1n) is 0. The van der Waals surface area contributed by atoms with Gasteiger partial charge in [-0.1, -0.05) is 0 Å². The van der Waals surface area contributed by atoms with E-state index in [0.29, 0.717) is 0 Å². The predicted molar refractivity (Wildman–Crippen MR) is 0 cm³/mol. The molecular formula is AgIrPdPtRh. The molecule has 0 aliphatic heterocycles. The third-order valence-corrected chi connectivity index (χ3v) is 0. The second-order valence-electron chi connectivity index (χ2n) is 0. The maximum absolute atomic E-state index is 0. The van der Waals surface area contributed by atoms with Gasteiger partial charge >= 0.3 is 0 Å². The van der Waals surface area contributed by atoms with Crippen molar-refractivity contribution in [2.24, 2.45) is 0 Å². The zero-order valence-corrected chi connectivity index (χ0v) is 10.9. The molecule has 0 spiro atoms. The average molecular weight is 704 g/mol. The number of hydrogen-bond acceptors (Lipinski definition) is 0. The number of rotatable bonds is 0. The van der Waals surface area contributed by atoms with E-state index in [1.165, 1.54) is 0 Å². The van der Waals surface area contributed by atoms with Crippen LogP contribution in [0.25, 0.3) is 0 Å². The van der Waals surface area contributed by atoms with Gasteiger partial charge in [0.2, 0.25) is 0 Å². The van der Waals surface area contributed by atoms with Crippen molar-refractivity contribution in [3.05, 3.63) is 0 Å². The molecule has 0 bridgehead atoms. The summed E-state index contributed by atoms with van der Waals surface area (Å²) < 4.78 is 0. The fourth-order valence-corrected chi connectivity index (χ4v) is 0. The zero-order chi connectivity index (χ0) is 0. The molecule has 0 unspecified atom stereocenters. The first-order chi connectivity index (χ1) is 0. The standard InChI is InChI=1S/Ag.Ir.Pd.Pt.Rh. The largest absolute Gasteiger partial charge is 0 e. The molecule has 49 valence electrons. The first-order valence-corrected chi connectivity index (χ1v) is 0. The van der Waals surface area contributed by atoms with Crippen molar-refractivity contribution < 1.29 is 103 Å². The molecule has 3 radical (unpaired) electrons. The van der Waals surface area contributed by atoms with Crippen molar-refractivity contribution in [3.63, 3.8) is 0 Å². The van der Waals surface area contributed by atoms with Crippen LogP contribution in [0.3, 0.4) is 0 Å². The quantitative estimate of drug-likeness (QED) is 0.312. The maximum atomic E-state index is 0. The Kier molecular flexibility index (Phi) is 211. The van der Waals surface area contributed by atoms with Gasteiger partial charge < -0.3 is 0 Å². The molecule has 0 atom stereocenters. The summed E-state index contributed by atoms with van der Waals surface area (Å²) in [5, 5.41) is 0. The van der Waals surface area contributed by atoms with Crippen molar-refractivity contribution in [2.45, 2.75) is 0 Å². The summed E-state index contributed by atoms with van der Waals surface area (Å²) in [4.78, 5) is 0. The van der Waals surface area contributed by atoms with Crippen LogP contribution in [-0.2, 0) is 103 Å². The number of hydrogen-bond donors (Lipinski definition) is 0. The molecule has 0 aromatic rings. The van der Waals surface area contributed by atoms with Crippen LogP contribution in [0.5, 0.6) is 0 Å². The van der Waals surface area contributed by atoms with E-state index in [0.717, 1.165) is 0 Å². The Morgan fingerprint density at radius 1 is 1.00 bits per heavy atom. The molecule has 0 aliphatic carbocycles. The topological polar surface area (TPSA) is 0 Å².